The van der Waals surface area contributed by atoms with Crippen LogP contribution in [-0.4, -0.2) is 11.2 Å². The van der Waals surface area contributed by atoms with Gasteiger partial charge in [-0.25, -0.2) is 0 Å². The maximum Gasteiger partial charge on any atom is 0.203 e. The summed E-state index contributed by atoms with van der Waals surface area (Å²) in [5.41, 5.74) is 1.89. The molecule has 1 heterocycles. The zero-order valence-electron chi connectivity index (χ0n) is 9.78. The van der Waals surface area contributed by atoms with Crippen LogP contribution in [0.5, 0.6) is 5.75 Å². The van der Waals surface area contributed by atoms with Crippen molar-refractivity contribution in [3.05, 3.63) is 65.7 Å². The second-order valence-electron chi connectivity index (χ2n) is 4.49. The van der Waals surface area contributed by atoms with Crippen molar-refractivity contribution in [2.75, 3.05) is 0 Å². The zero-order chi connectivity index (χ0) is 12.6. The number of rotatable bonds is 1. The number of para-hydroxylation sites is 1. The van der Waals surface area contributed by atoms with E-state index in [4.69, 9.17) is 4.74 Å². The molecule has 0 spiro atoms. The first kappa shape index (κ1) is 11.6. The van der Waals surface area contributed by atoms with E-state index in [0.717, 1.165) is 16.9 Å². The van der Waals surface area contributed by atoms with E-state index in [-0.39, 0.29) is 0 Å². The number of fused-ring (bicyclic) bond motifs is 1. The topological polar surface area (TPSA) is 29.5 Å². The summed E-state index contributed by atoms with van der Waals surface area (Å²) in [4.78, 5) is -0.977. The van der Waals surface area contributed by atoms with Crippen molar-refractivity contribution in [3.8, 4) is 5.75 Å². The van der Waals surface area contributed by atoms with E-state index < -0.39 is 11.0 Å². The molecule has 0 aromatic heterocycles. The van der Waals surface area contributed by atoms with Crippen LogP contribution < -0.4 is 4.74 Å². The predicted molar refractivity (Wildman–Crippen MR) is 73.9 cm³/mol. The fourth-order valence-electron chi connectivity index (χ4n) is 2.28. The average molecular weight is 258 g/mol. The largest absolute Gasteiger partial charge is 0.469 e. The minimum atomic E-state index is -0.977. The summed E-state index contributed by atoms with van der Waals surface area (Å²) in [5.74, 6) is 0.793. The highest BCUT2D eigenvalue weighted by atomic mass is 32.1. The van der Waals surface area contributed by atoms with Gasteiger partial charge >= 0.3 is 0 Å². The third-order valence-corrected chi connectivity index (χ3v) is 3.94. The van der Waals surface area contributed by atoms with E-state index >= 15 is 0 Å². The van der Waals surface area contributed by atoms with E-state index in [1.807, 2.05) is 54.6 Å². The van der Waals surface area contributed by atoms with Crippen molar-refractivity contribution < 1.29 is 9.84 Å². The molecule has 1 aliphatic rings. The monoisotopic (exact) mass is 258 g/mol. The van der Waals surface area contributed by atoms with Gasteiger partial charge in [-0.05, 0) is 11.6 Å². The molecule has 1 N–H and O–H groups in total. The Bertz CT molecular complexity index is 555. The summed E-state index contributed by atoms with van der Waals surface area (Å²) in [6.45, 7) is 0. The Hall–Kier alpha value is -1.45. The molecule has 0 saturated carbocycles. The van der Waals surface area contributed by atoms with Gasteiger partial charge in [-0.2, -0.15) is 0 Å². The molecule has 3 heteroatoms. The van der Waals surface area contributed by atoms with Crippen molar-refractivity contribution in [2.24, 2.45) is 0 Å². The van der Waals surface area contributed by atoms with Crippen molar-refractivity contribution >= 4 is 12.6 Å². The summed E-state index contributed by atoms with van der Waals surface area (Å²) in [6.07, 6.45) is -0.118. The molecular weight excluding hydrogens is 244 g/mol. The molecule has 0 aliphatic carbocycles. The fraction of sp³-hybridized carbons (Fsp3) is 0.200. The number of hydrogen-bond donors (Lipinski definition) is 2. The van der Waals surface area contributed by atoms with Gasteiger partial charge in [0.05, 0.1) is 0 Å². The maximum absolute atomic E-state index is 10.3. The first-order valence-corrected chi connectivity index (χ1v) is 6.38. The minimum absolute atomic E-state index is 0.550. The molecule has 0 fully saturated rings. The molecule has 3 rings (SSSR count). The van der Waals surface area contributed by atoms with Gasteiger partial charge in [0, 0.05) is 12.0 Å². The first-order valence-electron chi connectivity index (χ1n) is 5.93. The maximum atomic E-state index is 10.3. The molecule has 2 unspecified atom stereocenters. The molecule has 2 aromatic carbocycles. The van der Waals surface area contributed by atoms with Gasteiger partial charge in [0.15, 0.2) is 0 Å². The van der Waals surface area contributed by atoms with Crippen LogP contribution in [0.4, 0.5) is 0 Å². The van der Waals surface area contributed by atoms with Gasteiger partial charge < -0.3 is 9.84 Å². The molecule has 92 valence electrons. The van der Waals surface area contributed by atoms with Crippen LogP contribution in [0.1, 0.15) is 11.1 Å². The Morgan fingerprint density at radius 3 is 2.50 bits per heavy atom. The molecule has 2 nitrogen and oxygen atoms in total. The predicted octanol–water partition coefficient (Wildman–Crippen LogP) is 2.77. The van der Waals surface area contributed by atoms with Crippen LogP contribution in [0, 0.1) is 0 Å². The summed E-state index contributed by atoms with van der Waals surface area (Å²) in [6, 6.07) is 17.4. The number of benzene rings is 2. The molecule has 0 saturated heterocycles. The van der Waals surface area contributed by atoms with Gasteiger partial charge in [0.1, 0.15) is 11.9 Å². The number of hydrogen-bond acceptors (Lipinski definition) is 3. The standard InChI is InChI=1S/C15H14O2S/c16-14-10-11-6-4-5-9-13(11)17-15(14,18)12-7-2-1-3-8-12/h1-9,14,16,18H,10H2. The number of ether oxygens (including phenoxy) is 1. The Morgan fingerprint density at radius 2 is 1.72 bits per heavy atom. The Balaban J connectivity index is 2.05. The summed E-state index contributed by atoms with van der Waals surface area (Å²) < 4.78 is 5.93. The molecule has 0 radical (unpaired) electrons. The lowest BCUT2D eigenvalue weighted by atomic mass is 9.94. The van der Waals surface area contributed by atoms with E-state index in [1.54, 1.807) is 0 Å². The second kappa shape index (κ2) is 4.34. The average Bonchev–Trinajstić information content (AvgIpc) is 2.41. The Morgan fingerprint density at radius 1 is 1.06 bits per heavy atom. The third kappa shape index (κ3) is 1.80. The number of thiol groups is 1. The molecule has 18 heavy (non-hydrogen) atoms. The van der Waals surface area contributed by atoms with Crippen molar-refractivity contribution in [1.82, 2.24) is 0 Å². The van der Waals surface area contributed by atoms with Gasteiger partial charge in [-0.1, -0.05) is 48.5 Å². The molecule has 1 aliphatic heterocycles. The molecule has 2 atom stereocenters. The van der Waals surface area contributed by atoms with Crippen LogP contribution in [0.15, 0.2) is 54.6 Å². The Labute approximate surface area is 112 Å². The molecular formula is C15H14O2S. The summed E-state index contributed by atoms with van der Waals surface area (Å²) in [5, 5.41) is 10.3. The van der Waals surface area contributed by atoms with Crippen LogP contribution in [0.3, 0.4) is 0 Å². The first-order chi connectivity index (χ1) is 8.70. The SMILES string of the molecule is OC1Cc2ccccc2OC1(S)c1ccccc1. The van der Waals surface area contributed by atoms with Crippen LogP contribution in [0.25, 0.3) is 0 Å². The lowest BCUT2D eigenvalue weighted by Crippen LogP contribution is -2.44. The molecule has 0 amide bonds. The number of aliphatic hydroxyl groups excluding tert-OH is 1. The molecule has 0 bridgehead atoms. The van der Waals surface area contributed by atoms with Crippen molar-refractivity contribution in [1.29, 1.82) is 0 Å². The van der Waals surface area contributed by atoms with Gasteiger partial charge in [0.2, 0.25) is 4.93 Å². The van der Waals surface area contributed by atoms with Crippen LogP contribution in [0.2, 0.25) is 0 Å². The highest BCUT2D eigenvalue weighted by molar-refractivity contribution is 7.81. The van der Waals surface area contributed by atoms with Crippen molar-refractivity contribution in [3.63, 3.8) is 0 Å². The van der Waals surface area contributed by atoms with Gasteiger partial charge in [0.25, 0.3) is 0 Å². The molecule has 2 aromatic rings. The van der Waals surface area contributed by atoms with Gasteiger partial charge in [-0.15, -0.1) is 12.6 Å². The van der Waals surface area contributed by atoms with E-state index in [2.05, 4.69) is 12.6 Å². The lowest BCUT2D eigenvalue weighted by Gasteiger charge is -2.39. The Kier molecular flexibility index (Phi) is 2.80. The highest BCUT2D eigenvalue weighted by Gasteiger charge is 2.42. The van der Waals surface area contributed by atoms with Gasteiger partial charge in [-0.3, -0.25) is 0 Å². The fourth-order valence-corrected chi connectivity index (χ4v) is 2.62. The smallest absolute Gasteiger partial charge is 0.203 e. The van der Waals surface area contributed by atoms with Crippen molar-refractivity contribution in [2.45, 2.75) is 17.5 Å². The quantitative estimate of drug-likeness (QED) is 0.770. The van der Waals surface area contributed by atoms with E-state index in [0.29, 0.717) is 6.42 Å². The number of aliphatic hydroxyl groups is 1. The summed E-state index contributed by atoms with van der Waals surface area (Å²) in [7, 11) is 0. The van der Waals surface area contributed by atoms with E-state index in [9.17, 15) is 5.11 Å². The van der Waals surface area contributed by atoms with Crippen LogP contribution >= 0.6 is 12.6 Å². The zero-order valence-corrected chi connectivity index (χ0v) is 10.7. The van der Waals surface area contributed by atoms with E-state index in [1.165, 1.54) is 0 Å². The summed E-state index contributed by atoms with van der Waals surface area (Å²) >= 11 is 4.59. The minimum Gasteiger partial charge on any atom is -0.469 e. The highest BCUT2D eigenvalue weighted by Crippen LogP contribution is 2.42. The lowest BCUT2D eigenvalue weighted by molar-refractivity contribution is -0.00414. The second-order valence-corrected chi connectivity index (χ2v) is 5.16. The van der Waals surface area contributed by atoms with Crippen LogP contribution in [-0.2, 0) is 11.4 Å². The normalized spacial score (nSPS) is 26.2. The third-order valence-electron chi connectivity index (χ3n) is 3.29.